The van der Waals surface area contributed by atoms with Gasteiger partial charge in [0.25, 0.3) is 0 Å². The molecule has 0 aliphatic carbocycles. The van der Waals surface area contributed by atoms with Crippen molar-refractivity contribution in [1.82, 2.24) is 14.7 Å². The number of amides is 2. The molecular weight excluding hydrogens is 502 g/mol. The maximum Gasteiger partial charge on any atom is 0.312 e. The first-order valence-electron chi connectivity index (χ1n) is 14.4. The second-order valence-electron chi connectivity index (χ2n) is 11.2. The van der Waals surface area contributed by atoms with Gasteiger partial charge in [-0.2, -0.15) is 0 Å². The van der Waals surface area contributed by atoms with E-state index in [0.29, 0.717) is 58.5 Å². The molecule has 4 aliphatic heterocycles. The Balaban J connectivity index is 1.65. The molecular formula is C29H45N3O7. The number of likely N-dealkylation sites (tertiary alicyclic amines) is 1. The second-order valence-corrected chi connectivity index (χ2v) is 11.2. The number of rotatable bonds is 14. The van der Waals surface area contributed by atoms with Gasteiger partial charge in [0.05, 0.1) is 44.0 Å². The highest BCUT2D eigenvalue weighted by Gasteiger charge is 2.79. The number of hydrogen-bond acceptors (Lipinski definition) is 8. The van der Waals surface area contributed by atoms with Crippen LogP contribution in [0.2, 0.25) is 0 Å². The summed E-state index contributed by atoms with van der Waals surface area (Å²) in [5, 5.41) is 10.1. The van der Waals surface area contributed by atoms with Crippen molar-refractivity contribution in [2.75, 3.05) is 59.2 Å². The first-order chi connectivity index (χ1) is 18.8. The summed E-state index contributed by atoms with van der Waals surface area (Å²) in [6.45, 7) is 15.6. The molecule has 4 aliphatic rings. The molecule has 4 saturated heterocycles. The minimum absolute atomic E-state index is 0.230. The van der Waals surface area contributed by atoms with Gasteiger partial charge in [-0.1, -0.05) is 19.1 Å². The van der Waals surface area contributed by atoms with E-state index in [-0.39, 0.29) is 25.0 Å². The van der Waals surface area contributed by atoms with Gasteiger partial charge in [-0.3, -0.25) is 19.3 Å². The highest BCUT2D eigenvalue weighted by atomic mass is 16.6. The molecule has 0 radical (unpaired) electrons. The van der Waals surface area contributed by atoms with Crippen molar-refractivity contribution < 1.29 is 33.7 Å². The maximum absolute atomic E-state index is 14.4. The molecule has 4 heterocycles. The summed E-state index contributed by atoms with van der Waals surface area (Å²) in [5.74, 6) is -2.61. The Hall–Kier alpha value is -2.27. The van der Waals surface area contributed by atoms with Crippen LogP contribution in [0, 0.1) is 11.8 Å². The van der Waals surface area contributed by atoms with E-state index < -0.39 is 41.1 Å². The molecule has 2 unspecified atom stereocenters. The lowest BCUT2D eigenvalue weighted by atomic mass is 9.65. The largest absolute Gasteiger partial charge is 0.465 e. The van der Waals surface area contributed by atoms with Crippen molar-refractivity contribution in [3.05, 3.63) is 25.3 Å². The van der Waals surface area contributed by atoms with E-state index in [4.69, 9.17) is 14.2 Å². The van der Waals surface area contributed by atoms with Crippen molar-refractivity contribution in [1.29, 1.82) is 0 Å². The van der Waals surface area contributed by atoms with Crippen LogP contribution in [0.5, 0.6) is 0 Å². The van der Waals surface area contributed by atoms with Crippen LogP contribution in [0.3, 0.4) is 0 Å². The van der Waals surface area contributed by atoms with Crippen LogP contribution in [-0.4, -0.2) is 120 Å². The Morgan fingerprint density at radius 2 is 2.00 bits per heavy atom. The quantitative estimate of drug-likeness (QED) is 0.197. The van der Waals surface area contributed by atoms with Gasteiger partial charge in [-0.25, -0.2) is 0 Å². The summed E-state index contributed by atoms with van der Waals surface area (Å²) in [4.78, 5) is 47.5. The normalized spacial score (nSPS) is 32.6. The van der Waals surface area contributed by atoms with Gasteiger partial charge in [0, 0.05) is 32.7 Å². The van der Waals surface area contributed by atoms with E-state index in [1.54, 1.807) is 24.0 Å². The molecule has 10 heteroatoms. The third kappa shape index (κ3) is 5.28. The van der Waals surface area contributed by atoms with Crippen molar-refractivity contribution in [3.63, 3.8) is 0 Å². The Kier molecular flexibility index (Phi) is 9.52. The predicted molar refractivity (Wildman–Crippen MR) is 145 cm³/mol. The van der Waals surface area contributed by atoms with Gasteiger partial charge in [0.1, 0.15) is 17.6 Å². The number of hydrogen-bond donors (Lipinski definition) is 1. The average Bonchev–Trinajstić information content (AvgIpc) is 3.56. The first-order valence-corrected chi connectivity index (χ1v) is 14.4. The fourth-order valence-corrected chi connectivity index (χ4v) is 7.05. The molecule has 0 saturated carbocycles. The van der Waals surface area contributed by atoms with Gasteiger partial charge in [-0.15, -0.1) is 13.2 Å². The highest BCUT2D eigenvalue weighted by molar-refractivity contribution is 5.98. The molecule has 218 valence electrons. The minimum atomic E-state index is -1.14. The van der Waals surface area contributed by atoms with Crippen molar-refractivity contribution in [3.8, 4) is 0 Å². The number of ether oxygens (including phenoxy) is 3. The molecule has 0 aromatic heterocycles. The lowest BCUT2D eigenvalue weighted by molar-refractivity contribution is -0.163. The summed E-state index contributed by atoms with van der Waals surface area (Å²) in [6, 6.07) is -1.55. The topological polar surface area (TPSA) is 109 Å². The van der Waals surface area contributed by atoms with Gasteiger partial charge in [0.2, 0.25) is 11.8 Å². The fraction of sp³-hybridized carbons (Fsp3) is 0.759. The summed E-state index contributed by atoms with van der Waals surface area (Å²) >= 11 is 0. The molecule has 2 bridgehead atoms. The molecule has 39 heavy (non-hydrogen) atoms. The van der Waals surface area contributed by atoms with Crippen LogP contribution in [0.1, 0.15) is 46.0 Å². The average molecular weight is 548 g/mol. The number of carbonyl (C=O) groups is 3. The van der Waals surface area contributed by atoms with E-state index in [1.807, 2.05) is 6.92 Å². The maximum atomic E-state index is 14.4. The summed E-state index contributed by atoms with van der Waals surface area (Å²) in [6.07, 6.45) is 6.44. The van der Waals surface area contributed by atoms with Crippen molar-refractivity contribution >= 4 is 17.8 Å². The monoisotopic (exact) mass is 547 g/mol. The first kappa shape index (κ1) is 29.7. The van der Waals surface area contributed by atoms with Gasteiger partial charge >= 0.3 is 5.97 Å². The second kappa shape index (κ2) is 12.5. The lowest BCUT2D eigenvalue weighted by Crippen LogP contribution is -2.59. The van der Waals surface area contributed by atoms with Gasteiger partial charge in [0.15, 0.2) is 0 Å². The fourth-order valence-electron chi connectivity index (χ4n) is 7.05. The Labute approximate surface area is 231 Å². The Bertz CT molecular complexity index is 938. The number of esters is 1. The zero-order valence-electron chi connectivity index (χ0n) is 23.5. The number of unbranched alkanes of at least 4 members (excludes halogenated alkanes) is 1. The van der Waals surface area contributed by atoms with Gasteiger partial charge in [-0.05, 0) is 39.0 Å². The predicted octanol–water partition coefficient (Wildman–Crippen LogP) is 1.38. The lowest BCUT2D eigenvalue weighted by Gasteiger charge is -2.39. The minimum Gasteiger partial charge on any atom is -0.465 e. The SMILES string of the molecule is C=CCCCOC(=O)[C@H]1[C@H]2C(=O)N([C@H](C)CO)C(C(=O)N(CC=C)CCN3CCOCC3)C23CC[C@]1(CC)O3. The van der Waals surface area contributed by atoms with Crippen LogP contribution < -0.4 is 0 Å². The van der Waals surface area contributed by atoms with E-state index >= 15 is 0 Å². The zero-order valence-corrected chi connectivity index (χ0v) is 23.5. The third-order valence-electron chi connectivity index (χ3n) is 9.09. The number of aliphatic hydroxyl groups excluding tert-OH is 1. The summed E-state index contributed by atoms with van der Waals surface area (Å²) < 4.78 is 17.9. The zero-order chi connectivity index (χ0) is 28.2. The van der Waals surface area contributed by atoms with E-state index in [2.05, 4.69) is 18.1 Å². The smallest absolute Gasteiger partial charge is 0.312 e. The standard InChI is InChI=1S/C29H45N3O7/c1-5-8-9-17-38-27(36)23-22-25(34)32(21(4)20-33)24(29(22)11-10-28(23,7-3)39-29)26(35)31(12-6-2)14-13-30-15-18-37-19-16-30/h5-6,21-24,33H,1-2,7-20H2,3-4H3/t21-,22+,23-,24?,28+,29?/m1/s1. The Morgan fingerprint density at radius 1 is 1.26 bits per heavy atom. The Morgan fingerprint density at radius 3 is 2.64 bits per heavy atom. The molecule has 4 rings (SSSR count). The van der Waals surface area contributed by atoms with Crippen molar-refractivity contribution in [2.45, 2.75) is 69.2 Å². The van der Waals surface area contributed by atoms with Crippen molar-refractivity contribution in [2.24, 2.45) is 11.8 Å². The third-order valence-corrected chi connectivity index (χ3v) is 9.09. The number of fused-ring (bicyclic) bond motifs is 1. The summed E-state index contributed by atoms with van der Waals surface area (Å²) in [5.41, 5.74) is -1.99. The van der Waals surface area contributed by atoms with Crippen LogP contribution in [0.15, 0.2) is 25.3 Å². The van der Waals surface area contributed by atoms with Crippen LogP contribution in [0.25, 0.3) is 0 Å². The van der Waals surface area contributed by atoms with Crippen LogP contribution >= 0.6 is 0 Å². The molecule has 4 fully saturated rings. The number of aliphatic hydroxyl groups is 1. The van der Waals surface area contributed by atoms with Gasteiger partial charge < -0.3 is 29.1 Å². The van der Waals surface area contributed by atoms with E-state index in [1.165, 1.54) is 4.90 Å². The summed E-state index contributed by atoms with van der Waals surface area (Å²) in [7, 11) is 0. The number of allylic oxidation sites excluding steroid dienone is 1. The number of carbonyl (C=O) groups excluding carboxylic acids is 3. The molecule has 0 aromatic rings. The molecule has 1 spiro atoms. The van der Waals surface area contributed by atoms with E-state index in [9.17, 15) is 19.5 Å². The van der Waals surface area contributed by atoms with Crippen LogP contribution in [0.4, 0.5) is 0 Å². The van der Waals surface area contributed by atoms with E-state index in [0.717, 1.165) is 19.5 Å². The molecule has 0 aromatic carbocycles. The van der Waals surface area contributed by atoms with Crippen LogP contribution in [-0.2, 0) is 28.6 Å². The molecule has 2 amide bonds. The number of morpholine rings is 1. The highest BCUT2D eigenvalue weighted by Crippen LogP contribution is 2.64. The molecule has 10 nitrogen and oxygen atoms in total. The molecule has 1 N–H and O–H groups in total. The molecule has 6 atom stereocenters. The number of nitrogens with zero attached hydrogens (tertiary/aromatic N) is 3.